The summed E-state index contributed by atoms with van der Waals surface area (Å²) in [5.41, 5.74) is 2.40. The molecule has 1 aliphatic rings. The SMILES string of the molecule is CC1C=CC=Cc2ncccc21. The number of pyridine rings is 1. The van der Waals surface area contributed by atoms with Crippen molar-refractivity contribution in [2.45, 2.75) is 12.8 Å². The van der Waals surface area contributed by atoms with Crippen LogP contribution in [0.4, 0.5) is 0 Å². The second-order valence-corrected chi connectivity index (χ2v) is 3.01. The van der Waals surface area contributed by atoms with Crippen LogP contribution in [0.5, 0.6) is 0 Å². The molecule has 0 saturated carbocycles. The summed E-state index contributed by atoms with van der Waals surface area (Å²) in [5.74, 6) is 0.476. The summed E-state index contributed by atoms with van der Waals surface area (Å²) >= 11 is 0. The summed E-state index contributed by atoms with van der Waals surface area (Å²) in [4.78, 5) is 4.30. The minimum Gasteiger partial charge on any atom is -0.257 e. The summed E-state index contributed by atoms with van der Waals surface area (Å²) < 4.78 is 0. The van der Waals surface area contributed by atoms with E-state index in [-0.39, 0.29) is 0 Å². The molecule has 0 fully saturated rings. The number of fused-ring (bicyclic) bond motifs is 1. The van der Waals surface area contributed by atoms with Gasteiger partial charge in [-0.25, -0.2) is 0 Å². The normalized spacial score (nSPS) is 20.2. The van der Waals surface area contributed by atoms with Crippen LogP contribution in [0, 0.1) is 0 Å². The van der Waals surface area contributed by atoms with Crippen LogP contribution in [0.3, 0.4) is 0 Å². The summed E-state index contributed by atoms with van der Waals surface area (Å²) in [6.07, 6.45) is 10.2. The molecular weight excluding hydrogens is 146 g/mol. The Labute approximate surface area is 72.5 Å². The van der Waals surface area contributed by atoms with E-state index in [1.54, 1.807) is 0 Å². The van der Waals surface area contributed by atoms with Gasteiger partial charge in [-0.3, -0.25) is 4.98 Å². The highest BCUT2D eigenvalue weighted by Crippen LogP contribution is 2.22. The van der Waals surface area contributed by atoms with Crippen molar-refractivity contribution >= 4 is 6.08 Å². The lowest BCUT2D eigenvalue weighted by atomic mass is 10.0. The molecule has 0 N–H and O–H groups in total. The molecule has 12 heavy (non-hydrogen) atoms. The molecule has 1 heterocycles. The summed E-state index contributed by atoms with van der Waals surface area (Å²) in [6, 6.07) is 4.12. The van der Waals surface area contributed by atoms with Crippen LogP contribution in [0.1, 0.15) is 24.1 Å². The molecule has 0 saturated heterocycles. The standard InChI is InChI=1S/C11H11N/c1-9-5-2-3-7-11-10(9)6-4-8-12-11/h2-9H,1H3. The van der Waals surface area contributed by atoms with E-state index in [0.29, 0.717) is 5.92 Å². The number of nitrogens with zero attached hydrogens (tertiary/aromatic N) is 1. The highest BCUT2D eigenvalue weighted by atomic mass is 14.7. The predicted octanol–water partition coefficient (Wildman–Crippen LogP) is 2.77. The first-order valence-corrected chi connectivity index (χ1v) is 4.18. The number of hydrogen-bond acceptors (Lipinski definition) is 1. The van der Waals surface area contributed by atoms with Crippen LogP contribution in [0.15, 0.2) is 36.6 Å². The molecule has 0 bridgehead atoms. The van der Waals surface area contributed by atoms with Gasteiger partial charge in [0.1, 0.15) is 0 Å². The van der Waals surface area contributed by atoms with E-state index in [1.807, 2.05) is 18.3 Å². The number of aromatic nitrogens is 1. The van der Waals surface area contributed by atoms with Crippen molar-refractivity contribution in [1.82, 2.24) is 4.98 Å². The molecule has 2 rings (SSSR count). The Morgan fingerprint density at radius 2 is 2.25 bits per heavy atom. The molecular formula is C11H11N. The van der Waals surface area contributed by atoms with Gasteiger partial charge in [-0.2, -0.15) is 0 Å². The first-order valence-electron chi connectivity index (χ1n) is 4.18. The van der Waals surface area contributed by atoms with Crippen LogP contribution in [-0.4, -0.2) is 4.98 Å². The lowest BCUT2D eigenvalue weighted by Crippen LogP contribution is -1.93. The lowest BCUT2D eigenvalue weighted by molar-refractivity contribution is 0.950. The highest BCUT2D eigenvalue weighted by Gasteiger charge is 2.07. The van der Waals surface area contributed by atoms with Gasteiger partial charge in [0.15, 0.2) is 0 Å². The predicted molar refractivity (Wildman–Crippen MR) is 50.8 cm³/mol. The molecule has 1 unspecified atom stereocenters. The van der Waals surface area contributed by atoms with Crippen LogP contribution in [0.2, 0.25) is 0 Å². The molecule has 1 nitrogen and oxygen atoms in total. The monoisotopic (exact) mass is 157 g/mol. The summed E-state index contributed by atoms with van der Waals surface area (Å²) in [6.45, 7) is 2.18. The molecule has 0 aliphatic heterocycles. The second-order valence-electron chi connectivity index (χ2n) is 3.01. The smallest absolute Gasteiger partial charge is 0.0667 e. The minimum absolute atomic E-state index is 0.476. The van der Waals surface area contributed by atoms with Crippen molar-refractivity contribution in [3.8, 4) is 0 Å². The topological polar surface area (TPSA) is 12.9 Å². The third kappa shape index (κ3) is 1.18. The average molecular weight is 157 g/mol. The fourth-order valence-corrected chi connectivity index (χ4v) is 1.44. The molecule has 1 heteroatoms. The van der Waals surface area contributed by atoms with Gasteiger partial charge in [0.25, 0.3) is 0 Å². The van der Waals surface area contributed by atoms with Gasteiger partial charge in [-0.15, -0.1) is 0 Å². The maximum absolute atomic E-state index is 4.30. The van der Waals surface area contributed by atoms with E-state index in [9.17, 15) is 0 Å². The zero-order valence-corrected chi connectivity index (χ0v) is 7.07. The summed E-state index contributed by atoms with van der Waals surface area (Å²) in [5, 5.41) is 0. The van der Waals surface area contributed by atoms with Gasteiger partial charge < -0.3 is 0 Å². The van der Waals surface area contributed by atoms with E-state index in [1.165, 1.54) is 5.56 Å². The van der Waals surface area contributed by atoms with Gasteiger partial charge >= 0.3 is 0 Å². The Bertz CT molecular complexity index is 337. The number of rotatable bonds is 0. The van der Waals surface area contributed by atoms with Gasteiger partial charge in [0, 0.05) is 12.1 Å². The largest absolute Gasteiger partial charge is 0.257 e. The maximum Gasteiger partial charge on any atom is 0.0667 e. The van der Waals surface area contributed by atoms with E-state index in [0.717, 1.165) is 5.69 Å². The third-order valence-corrected chi connectivity index (χ3v) is 2.13. The number of allylic oxidation sites excluding steroid dienone is 3. The maximum atomic E-state index is 4.30. The van der Waals surface area contributed by atoms with Crippen molar-refractivity contribution < 1.29 is 0 Å². The Balaban J connectivity index is 2.56. The fourth-order valence-electron chi connectivity index (χ4n) is 1.44. The minimum atomic E-state index is 0.476. The van der Waals surface area contributed by atoms with Gasteiger partial charge in [0.2, 0.25) is 0 Å². The summed E-state index contributed by atoms with van der Waals surface area (Å²) in [7, 11) is 0. The third-order valence-electron chi connectivity index (χ3n) is 2.13. The highest BCUT2D eigenvalue weighted by molar-refractivity contribution is 5.54. The van der Waals surface area contributed by atoms with Crippen LogP contribution in [-0.2, 0) is 0 Å². The quantitative estimate of drug-likeness (QED) is 0.564. The van der Waals surface area contributed by atoms with Crippen molar-refractivity contribution in [2.24, 2.45) is 0 Å². The van der Waals surface area contributed by atoms with Crippen molar-refractivity contribution in [3.05, 3.63) is 47.8 Å². The first-order chi connectivity index (χ1) is 5.88. The molecule has 0 spiro atoms. The van der Waals surface area contributed by atoms with Gasteiger partial charge in [0.05, 0.1) is 5.69 Å². The molecule has 0 radical (unpaired) electrons. The van der Waals surface area contributed by atoms with Crippen LogP contribution >= 0.6 is 0 Å². The first kappa shape index (κ1) is 7.29. The molecule has 1 aliphatic carbocycles. The Morgan fingerprint density at radius 3 is 3.17 bits per heavy atom. The Hall–Kier alpha value is -1.37. The molecule has 1 aromatic heterocycles. The van der Waals surface area contributed by atoms with E-state index in [2.05, 4.69) is 36.2 Å². The van der Waals surface area contributed by atoms with Crippen molar-refractivity contribution in [3.63, 3.8) is 0 Å². The zero-order valence-electron chi connectivity index (χ0n) is 7.07. The van der Waals surface area contributed by atoms with Gasteiger partial charge in [-0.1, -0.05) is 31.2 Å². The molecule has 0 aromatic carbocycles. The second kappa shape index (κ2) is 2.94. The molecule has 1 aromatic rings. The van der Waals surface area contributed by atoms with Gasteiger partial charge in [-0.05, 0) is 17.7 Å². The fraction of sp³-hybridized carbons (Fsp3) is 0.182. The van der Waals surface area contributed by atoms with Crippen LogP contribution in [0.25, 0.3) is 6.08 Å². The van der Waals surface area contributed by atoms with E-state index < -0.39 is 0 Å². The van der Waals surface area contributed by atoms with Crippen molar-refractivity contribution in [2.75, 3.05) is 0 Å². The Kier molecular flexibility index (Phi) is 1.78. The molecule has 1 atom stereocenters. The number of hydrogen-bond donors (Lipinski definition) is 0. The van der Waals surface area contributed by atoms with Crippen molar-refractivity contribution in [1.29, 1.82) is 0 Å². The molecule has 0 amide bonds. The Morgan fingerprint density at radius 1 is 1.33 bits per heavy atom. The zero-order chi connectivity index (χ0) is 8.39. The van der Waals surface area contributed by atoms with E-state index in [4.69, 9.17) is 0 Å². The average Bonchev–Trinajstić information content (AvgIpc) is 2.29. The van der Waals surface area contributed by atoms with Crippen LogP contribution < -0.4 is 0 Å². The molecule has 60 valence electrons. The van der Waals surface area contributed by atoms with E-state index >= 15 is 0 Å². The lowest BCUT2D eigenvalue weighted by Gasteiger charge is -2.07.